The van der Waals surface area contributed by atoms with Crippen LogP contribution in [-0.4, -0.2) is 32.8 Å². The number of benzene rings is 2. The zero-order valence-corrected chi connectivity index (χ0v) is 17.6. The van der Waals surface area contributed by atoms with Crippen LogP contribution in [0.15, 0.2) is 42.5 Å². The SMILES string of the molecule is Cc1cc(N2CCCCC2)ccc1CNCC1(c2cccc(F)c2)CCOCC1. The second-order valence-corrected chi connectivity index (χ2v) is 8.67. The van der Waals surface area contributed by atoms with Gasteiger partial charge in [-0.2, -0.15) is 0 Å². The van der Waals surface area contributed by atoms with Crippen molar-refractivity contribution < 1.29 is 9.13 Å². The molecule has 0 atom stereocenters. The molecule has 0 amide bonds. The van der Waals surface area contributed by atoms with Gasteiger partial charge in [-0.3, -0.25) is 0 Å². The van der Waals surface area contributed by atoms with E-state index in [4.69, 9.17) is 4.74 Å². The highest BCUT2D eigenvalue weighted by Gasteiger charge is 2.34. The second kappa shape index (κ2) is 9.27. The van der Waals surface area contributed by atoms with Crippen molar-refractivity contribution in [3.05, 3.63) is 65.0 Å². The first-order valence-corrected chi connectivity index (χ1v) is 11.1. The van der Waals surface area contributed by atoms with Crippen molar-refractivity contribution in [1.29, 1.82) is 0 Å². The number of aryl methyl sites for hydroxylation is 1. The maximum Gasteiger partial charge on any atom is 0.123 e. The molecule has 1 N–H and O–H groups in total. The lowest BCUT2D eigenvalue weighted by atomic mass is 9.74. The van der Waals surface area contributed by atoms with Crippen LogP contribution in [-0.2, 0) is 16.7 Å². The second-order valence-electron chi connectivity index (χ2n) is 8.67. The molecule has 4 heteroatoms. The summed E-state index contributed by atoms with van der Waals surface area (Å²) in [5.41, 5.74) is 5.07. The first-order valence-electron chi connectivity index (χ1n) is 11.1. The van der Waals surface area contributed by atoms with E-state index in [9.17, 15) is 4.39 Å². The van der Waals surface area contributed by atoms with E-state index in [0.717, 1.165) is 44.7 Å². The summed E-state index contributed by atoms with van der Waals surface area (Å²) in [7, 11) is 0. The number of anilines is 1. The quantitative estimate of drug-likeness (QED) is 0.747. The van der Waals surface area contributed by atoms with E-state index < -0.39 is 0 Å². The average Bonchev–Trinajstić information content (AvgIpc) is 2.76. The van der Waals surface area contributed by atoms with E-state index in [1.807, 2.05) is 6.07 Å². The first-order chi connectivity index (χ1) is 14.2. The first kappa shape index (κ1) is 20.4. The largest absolute Gasteiger partial charge is 0.381 e. The molecule has 156 valence electrons. The molecule has 2 aromatic carbocycles. The van der Waals surface area contributed by atoms with E-state index in [2.05, 4.69) is 41.4 Å². The lowest BCUT2D eigenvalue weighted by Gasteiger charge is -2.38. The molecule has 0 spiro atoms. The summed E-state index contributed by atoms with van der Waals surface area (Å²) >= 11 is 0. The number of hydrogen-bond donors (Lipinski definition) is 1. The molecule has 0 aliphatic carbocycles. The number of halogens is 1. The molecule has 29 heavy (non-hydrogen) atoms. The third kappa shape index (κ3) is 4.81. The fourth-order valence-electron chi connectivity index (χ4n) is 4.81. The maximum absolute atomic E-state index is 13.9. The molecule has 2 aromatic rings. The van der Waals surface area contributed by atoms with Gasteiger partial charge in [-0.25, -0.2) is 4.39 Å². The molecule has 0 aromatic heterocycles. The minimum atomic E-state index is -0.155. The molecule has 0 saturated carbocycles. The molecular formula is C25H33FN2O. The Balaban J connectivity index is 1.42. The Morgan fingerprint density at radius 3 is 2.55 bits per heavy atom. The van der Waals surface area contributed by atoms with Crippen LogP contribution in [0.25, 0.3) is 0 Å². The van der Waals surface area contributed by atoms with Crippen molar-refractivity contribution in [3.8, 4) is 0 Å². The fraction of sp³-hybridized carbons (Fsp3) is 0.520. The Bertz CT molecular complexity index is 810. The Morgan fingerprint density at radius 2 is 1.83 bits per heavy atom. The minimum Gasteiger partial charge on any atom is -0.381 e. The summed E-state index contributed by atoms with van der Waals surface area (Å²) in [4.78, 5) is 2.51. The Labute approximate surface area is 174 Å². The highest BCUT2D eigenvalue weighted by atomic mass is 19.1. The molecule has 3 nitrogen and oxygen atoms in total. The van der Waals surface area contributed by atoms with Crippen LogP contribution in [0.5, 0.6) is 0 Å². The Kier molecular flexibility index (Phi) is 6.51. The molecule has 4 rings (SSSR count). The van der Waals surface area contributed by atoms with Gasteiger partial charge < -0.3 is 15.0 Å². The molecule has 2 heterocycles. The number of nitrogens with one attached hydrogen (secondary N) is 1. The molecule has 0 unspecified atom stereocenters. The normalized spacial score (nSPS) is 19.3. The Morgan fingerprint density at radius 1 is 1.03 bits per heavy atom. The molecule has 2 fully saturated rings. The smallest absolute Gasteiger partial charge is 0.123 e. The van der Waals surface area contributed by atoms with Crippen LogP contribution < -0.4 is 10.2 Å². The predicted molar refractivity (Wildman–Crippen MR) is 117 cm³/mol. The van der Waals surface area contributed by atoms with Gasteiger partial charge in [0.05, 0.1) is 0 Å². The van der Waals surface area contributed by atoms with Crippen LogP contribution in [0.3, 0.4) is 0 Å². The van der Waals surface area contributed by atoms with E-state index in [-0.39, 0.29) is 11.2 Å². The zero-order chi connectivity index (χ0) is 20.1. The van der Waals surface area contributed by atoms with Crippen LogP contribution in [0.2, 0.25) is 0 Å². The van der Waals surface area contributed by atoms with Gasteiger partial charge in [-0.05, 0) is 80.0 Å². The summed E-state index contributed by atoms with van der Waals surface area (Å²) in [6, 6.07) is 14.0. The predicted octanol–water partition coefficient (Wildman–Crippen LogP) is 4.96. The topological polar surface area (TPSA) is 24.5 Å². The highest BCUT2D eigenvalue weighted by molar-refractivity contribution is 5.51. The van der Waals surface area contributed by atoms with Gasteiger partial charge in [0, 0.05) is 50.5 Å². The molecule has 0 bridgehead atoms. The number of rotatable bonds is 6. The van der Waals surface area contributed by atoms with Crippen LogP contribution >= 0.6 is 0 Å². The van der Waals surface area contributed by atoms with Crippen molar-refractivity contribution >= 4 is 5.69 Å². The van der Waals surface area contributed by atoms with Gasteiger partial charge >= 0.3 is 0 Å². The number of nitrogens with zero attached hydrogens (tertiary/aromatic N) is 1. The van der Waals surface area contributed by atoms with Gasteiger partial charge in [0.2, 0.25) is 0 Å². The zero-order valence-electron chi connectivity index (χ0n) is 17.6. The molecule has 2 aliphatic rings. The number of hydrogen-bond acceptors (Lipinski definition) is 3. The minimum absolute atomic E-state index is 0.0536. The monoisotopic (exact) mass is 396 g/mol. The molecule has 2 saturated heterocycles. The molecule has 2 aliphatic heterocycles. The van der Waals surface area contributed by atoms with Crippen molar-refractivity contribution in [3.63, 3.8) is 0 Å². The number of piperidine rings is 1. The van der Waals surface area contributed by atoms with E-state index >= 15 is 0 Å². The van der Waals surface area contributed by atoms with Gasteiger partial charge in [0.25, 0.3) is 0 Å². The van der Waals surface area contributed by atoms with Crippen LogP contribution in [0.1, 0.15) is 48.8 Å². The maximum atomic E-state index is 13.9. The fourth-order valence-corrected chi connectivity index (χ4v) is 4.81. The van der Waals surface area contributed by atoms with Crippen LogP contribution in [0.4, 0.5) is 10.1 Å². The van der Waals surface area contributed by atoms with Crippen molar-refractivity contribution in [1.82, 2.24) is 5.32 Å². The average molecular weight is 397 g/mol. The van der Waals surface area contributed by atoms with Crippen molar-refractivity contribution in [2.75, 3.05) is 37.7 Å². The molecular weight excluding hydrogens is 363 g/mol. The van der Waals surface area contributed by atoms with Crippen molar-refractivity contribution in [2.24, 2.45) is 0 Å². The molecule has 0 radical (unpaired) electrons. The highest BCUT2D eigenvalue weighted by Crippen LogP contribution is 2.35. The van der Waals surface area contributed by atoms with E-state index in [1.54, 1.807) is 6.07 Å². The van der Waals surface area contributed by atoms with E-state index in [0.29, 0.717) is 0 Å². The van der Waals surface area contributed by atoms with Gasteiger partial charge in [0.1, 0.15) is 5.82 Å². The Hall–Kier alpha value is -1.91. The summed E-state index contributed by atoms with van der Waals surface area (Å²) in [6.07, 6.45) is 5.81. The lowest BCUT2D eigenvalue weighted by Crippen LogP contribution is -2.42. The standard InChI is InChI=1S/C25H33FN2O/c1-20-16-24(28-12-3-2-4-13-28)9-8-21(20)18-27-19-25(10-14-29-15-11-25)22-6-5-7-23(26)17-22/h5-9,16-17,27H,2-4,10-15,18-19H2,1H3. The van der Waals surface area contributed by atoms with E-state index in [1.165, 1.54) is 55.2 Å². The summed E-state index contributed by atoms with van der Waals surface area (Å²) in [6.45, 7) is 7.71. The van der Waals surface area contributed by atoms with Crippen molar-refractivity contribution in [2.45, 2.75) is 51.0 Å². The summed E-state index contributed by atoms with van der Waals surface area (Å²) < 4.78 is 19.5. The summed E-state index contributed by atoms with van der Waals surface area (Å²) in [5, 5.41) is 3.68. The van der Waals surface area contributed by atoms with Gasteiger partial charge in [0.15, 0.2) is 0 Å². The van der Waals surface area contributed by atoms with Gasteiger partial charge in [-0.1, -0.05) is 18.2 Å². The van der Waals surface area contributed by atoms with Gasteiger partial charge in [-0.15, -0.1) is 0 Å². The number of ether oxygens (including phenoxy) is 1. The summed E-state index contributed by atoms with van der Waals surface area (Å²) in [5.74, 6) is -0.155. The third-order valence-corrected chi connectivity index (χ3v) is 6.71. The lowest BCUT2D eigenvalue weighted by molar-refractivity contribution is 0.0496. The van der Waals surface area contributed by atoms with Crippen LogP contribution in [0, 0.1) is 12.7 Å². The third-order valence-electron chi connectivity index (χ3n) is 6.71.